The minimum absolute atomic E-state index is 0.168. The van der Waals surface area contributed by atoms with Gasteiger partial charge in [0.25, 0.3) is 0 Å². The van der Waals surface area contributed by atoms with Crippen LogP contribution in [0.4, 0.5) is 0 Å². The van der Waals surface area contributed by atoms with Gasteiger partial charge in [0.1, 0.15) is 0 Å². The van der Waals surface area contributed by atoms with E-state index in [1.807, 2.05) is 0 Å². The third-order valence-corrected chi connectivity index (χ3v) is 6.51. The SMILES string of the molecule is CC1c2ccccc2CC(Br)C1(C)Br. The van der Waals surface area contributed by atoms with Crippen molar-refractivity contribution in [2.24, 2.45) is 0 Å². The highest BCUT2D eigenvalue weighted by Gasteiger charge is 2.40. The van der Waals surface area contributed by atoms with Gasteiger partial charge in [0, 0.05) is 9.15 Å². The van der Waals surface area contributed by atoms with E-state index in [1.165, 1.54) is 11.1 Å². The predicted molar refractivity (Wildman–Crippen MR) is 68.6 cm³/mol. The van der Waals surface area contributed by atoms with E-state index in [-0.39, 0.29) is 4.32 Å². The molecule has 0 fully saturated rings. The molecule has 0 bridgehead atoms. The Hall–Kier alpha value is 0.180. The Kier molecular flexibility index (Phi) is 2.78. The fraction of sp³-hybridized carbons (Fsp3) is 0.500. The lowest BCUT2D eigenvalue weighted by Crippen LogP contribution is -2.39. The van der Waals surface area contributed by atoms with Gasteiger partial charge in [0.05, 0.1) is 0 Å². The van der Waals surface area contributed by atoms with Crippen LogP contribution in [0.2, 0.25) is 0 Å². The first kappa shape index (κ1) is 10.7. The van der Waals surface area contributed by atoms with E-state index in [9.17, 15) is 0 Å². The summed E-state index contributed by atoms with van der Waals surface area (Å²) in [6.07, 6.45) is 1.11. The summed E-state index contributed by atoms with van der Waals surface area (Å²) in [5.74, 6) is 0.553. The molecule has 14 heavy (non-hydrogen) atoms. The fourth-order valence-electron chi connectivity index (χ4n) is 2.11. The molecule has 0 heterocycles. The topological polar surface area (TPSA) is 0 Å². The Morgan fingerprint density at radius 1 is 1.36 bits per heavy atom. The van der Waals surface area contributed by atoms with Crippen molar-refractivity contribution < 1.29 is 0 Å². The normalized spacial score (nSPS) is 36.6. The van der Waals surface area contributed by atoms with E-state index < -0.39 is 0 Å². The van der Waals surface area contributed by atoms with Crippen molar-refractivity contribution in [3.05, 3.63) is 35.4 Å². The van der Waals surface area contributed by atoms with E-state index in [1.54, 1.807) is 0 Å². The highest BCUT2D eigenvalue weighted by atomic mass is 79.9. The Morgan fingerprint density at radius 2 is 2.00 bits per heavy atom. The molecule has 0 N–H and O–H groups in total. The second-order valence-electron chi connectivity index (χ2n) is 4.24. The molecular weight excluding hydrogens is 304 g/mol. The molecule has 0 spiro atoms. The second kappa shape index (κ2) is 3.64. The zero-order valence-corrected chi connectivity index (χ0v) is 11.6. The van der Waals surface area contributed by atoms with Crippen LogP contribution >= 0.6 is 31.9 Å². The smallest absolute Gasteiger partial charge is 0.0423 e. The summed E-state index contributed by atoms with van der Waals surface area (Å²) in [7, 11) is 0. The summed E-state index contributed by atoms with van der Waals surface area (Å²) >= 11 is 7.62. The van der Waals surface area contributed by atoms with Crippen LogP contribution in [0.5, 0.6) is 0 Å². The van der Waals surface area contributed by atoms with Gasteiger partial charge >= 0.3 is 0 Å². The second-order valence-corrected chi connectivity index (χ2v) is 7.06. The van der Waals surface area contributed by atoms with Crippen molar-refractivity contribution in [1.29, 1.82) is 0 Å². The molecule has 1 aliphatic rings. The van der Waals surface area contributed by atoms with Crippen LogP contribution in [0.25, 0.3) is 0 Å². The molecule has 2 heteroatoms. The van der Waals surface area contributed by atoms with E-state index in [0.717, 1.165) is 6.42 Å². The van der Waals surface area contributed by atoms with Crippen LogP contribution in [-0.2, 0) is 6.42 Å². The monoisotopic (exact) mass is 316 g/mol. The van der Waals surface area contributed by atoms with Gasteiger partial charge in [-0.2, -0.15) is 0 Å². The Bertz CT molecular complexity index is 344. The Labute approximate surface area is 102 Å². The average Bonchev–Trinajstić information content (AvgIpc) is 2.15. The van der Waals surface area contributed by atoms with Crippen LogP contribution in [-0.4, -0.2) is 9.15 Å². The number of halogens is 2. The van der Waals surface area contributed by atoms with Crippen LogP contribution in [0.3, 0.4) is 0 Å². The largest absolute Gasteiger partial charge is 0.0872 e. The Balaban J connectivity index is 2.49. The van der Waals surface area contributed by atoms with Crippen molar-refractivity contribution in [1.82, 2.24) is 0 Å². The quantitative estimate of drug-likeness (QED) is 0.627. The maximum absolute atomic E-state index is 3.85. The van der Waals surface area contributed by atoms with Crippen molar-refractivity contribution in [2.45, 2.75) is 35.3 Å². The molecule has 0 nitrogen and oxygen atoms in total. The van der Waals surface area contributed by atoms with Gasteiger partial charge in [-0.3, -0.25) is 0 Å². The van der Waals surface area contributed by atoms with Gasteiger partial charge in [0.2, 0.25) is 0 Å². The third-order valence-electron chi connectivity index (χ3n) is 3.38. The average molecular weight is 318 g/mol. The summed E-state index contributed by atoms with van der Waals surface area (Å²) < 4.78 is 0.168. The highest BCUT2D eigenvalue weighted by Crippen LogP contribution is 2.47. The van der Waals surface area contributed by atoms with E-state index in [0.29, 0.717) is 10.7 Å². The zero-order chi connectivity index (χ0) is 10.3. The first-order chi connectivity index (χ1) is 6.53. The number of fused-ring (bicyclic) bond motifs is 1. The summed E-state index contributed by atoms with van der Waals surface area (Å²) in [5.41, 5.74) is 2.97. The molecule has 0 saturated carbocycles. The first-order valence-electron chi connectivity index (χ1n) is 4.94. The lowest BCUT2D eigenvalue weighted by Gasteiger charge is -2.40. The number of hydrogen-bond donors (Lipinski definition) is 0. The summed E-state index contributed by atoms with van der Waals surface area (Å²) in [4.78, 5) is 0.514. The molecule has 1 aromatic rings. The third kappa shape index (κ3) is 1.57. The van der Waals surface area contributed by atoms with E-state index >= 15 is 0 Å². The van der Waals surface area contributed by atoms with Gasteiger partial charge in [-0.1, -0.05) is 63.0 Å². The van der Waals surface area contributed by atoms with E-state index in [4.69, 9.17) is 0 Å². The number of alkyl halides is 2. The maximum Gasteiger partial charge on any atom is 0.0423 e. The molecule has 0 saturated heterocycles. The van der Waals surface area contributed by atoms with Gasteiger partial charge in [-0.25, -0.2) is 0 Å². The van der Waals surface area contributed by atoms with Crippen molar-refractivity contribution in [3.8, 4) is 0 Å². The van der Waals surface area contributed by atoms with Gasteiger partial charge in [-0.15, -0.1) is 0 Å². The van der Waals surface area contributed by atoms with Crippen LogP contribution in [0, 0.1) is 0 Å². The predicted octanol–water partition coefficient (Wildman–Crippen LogP) is 4.26. The maximum atomic E-state index is 3.85. The molecule has 2 rings (SSSR count). The molecule has 0 aliphatic heterocycles. The van der Waals surface area contributed by atoms with Crippen LogP contribution < -0.4 is 0 Å². The molecule has 3 unspecified atom stereocenters. The fourth-order valence-corrected chi connectivity index (χ4v) is 3.26. The van der Waals surface area contributed by atoms with E-state index in [2.05, 4.69) is 70.0 Å². The lowest BCUT2D eigenvalue weighted by atomic mass is 9.77. The van der Waals surface area contributed by atoms with Crippen LogP contribution in [0.1, 0.15) is 30.9 Å². The van der Waals surface area contributed by atoms with Gasteiger partial charge < -0.3 is 0 Å². The molecule has 1 aromatic carbocycles. The molecule has 76 valence electrons. The minimum Gasteiger partial charge on any atom is -0.0872 e. The zero-order valence-electron chi connectivity index (χ0n) is 8.43. The standard InChI is InChI=1S/C12H14Br2/c1-8-10-6-4-3-5-9(10)7-11(13)12(8,2)14/h3-6,8,11H,7H2,1-2H3. The summed E-state index contributed by atoms with van der Waals surface area (Å²) in [5, 5.41) is 0. The highest BCUT2D eigenvalue weighted by molar-refractivity contribution is 9.12. The molecule has 0 radical (unpaired) electrons. The molecule has 0 amide bonds. The van der Waals surface area contributed by atoms with Gasteiger partial charge in [0.15, 0.2) is 0 Å². The van der Waals surface area contributed by atoms with Crippen LogP contribution in [0.15, 0.2) is 24.3 Å². The lowest BCUT2D eigenvalue weighted by molar-refractivity contribution is 0.500. The summed E-state index contributed by atoms with van der Waals surface area (Å²) in [6.45, 7) is 4.56. The van der Waals surface area contributed by atoms with Crippen molar-refractivity contribution >= 4 is 31.9 Å². The minimum atomic E-state index is 0.168. The Morgan fingerprint density at radius 3 is 2.71 bits per heavy atom. The number of rotatable bonds is 0. The first-order valence-corrected chi connectivity index (χ1v) is 6.65. The molecule has 0 aromatic heterocycles. The summed E-state index contributed by atoms with van der Waals surface area (Å²) in [6, 6.07) is 8.75. The molecule has 3 atom stereocenters. The molecular formula is C12H14Br2. The van der Waals surface area contributed by atoms with Gasteiger partial charge in [-0.05, 0) is 30.4 Å². The number of hydrogen-bond acceptors (Lipinski definition) is 0. The molecule has 1 aliphatic carbocycles. The van der Waals surface area contributed by atoms with Crippen molar-refractivity contribution in [3.63, 3.8) is 0 Å². The number of benzene rings is 1. The van der Waals surface area contributed by atoms with Crippen molar-refractivity contribution in [2.75, 3.05) is 0 Å².